The molecule has 1 atom stereocenters. The van der Waals surface area contributed by atoms with Gasteiger partial charge in [0.2, 0.25) is 0 Å². The Hall–Kier alpha value is -2.78. The number of rotatable bonds is 8. The predicted molar refractivity (Wildman–Crippen MR) is 200 cm³/mol. The Kier molecular flexibility index (Phi) is 9.03. The van der Waals surface area contributed by atoms with E-state index < -0.39 is 8.80 Å². The Morgan fingerprint density at radius 1 is 0.913 bits per heavy atom. The number of ether oxygens (including phenoxy) is 2. The molecule has 3 aliphatic rings. The second kappa shape index (κ2) is 12.0. The molecule has 1 unspecified atom stereocenters. The molecule has 5 rings (SSSR count). The summed E-state index contributed by atoms with van der Waals surface area (Å²) in [6.07, 6.45) is 6.89. The van der Waals surface area contributed by atoms with Crippen LogP contribution in [-0.2, 0) is 10.8 Å². The van der Waals surface area contributed by atoms with Gasteiger partial charge in [0.05, 0.1) is 15.9 Å². The van der Waals surface area contributed by atoms with E-state index in [-0.39, 0.29) is 21.7 Å². The minimum atomic E-state index is -0.667. The van der Waals surface area contributed by atoms with Crippen LogP contribution in [0.25, 0.3) is 11.1 Å². The quantitative estimate of drug-likeness (QED) is 0.212. The van der Waals surface area contributed by atoms with E-state index >= 15 is 0 Å². The molecule has 247 valence electrons. The third-order valence-corrected chi connectivity index (χ3v) is 14.1. The monoisotopic (exact) mass is 635 g/mol. The van der Waals surface area contributed by atoms with Gasteiger partial charge in [-0.2, -0.15) is 0 Å². The normalized spacial score (nSPS) is 20.3. The summed E-state index contributed by atoms with van der Waals surface area (Å²) < 4.78 is 12.8. The van der Waals surface area contributed by atoms with E-state index in [1.807, 2.05) is 6.08 Å². The molecule has 0 N–H and O–H groups in total. The van der Waals surface area contributed by atoms with Crippen LogP contribution >= 0.6 is 0 Å². The lowest BCUT2D eigenvalue weighted by molar-refractivity contribution is 0.346. The average molecular weight is 636 g/mol. The minimum Gasteiger partial charge on any atom is -0.497 e. The van der Waals surface area contributed by atoms with Crippen molar-refractivity contribution in [3.63, 3.8) is 0 Å². The molecule has 46 heavy (non-hydrogen) atoms. The Morgan fingerprint density at radius 3 is 2.15 bits per heavy atom. The van der Waals surface area contributed by atoms with Crippen molar-refractivity contribution < 1.29 is 9.47 Å². The van der Waals surface area contributed by atoms with Gasteiger partial charge in [-0.05, 0) is 85.1 Å². The Labute approximate surface area is 282 Å². The first-order valence-electron chi connectivity index (χ1n) is 17.6. The van der Waals surface area contributed by atoms with Crippen molar-refractivity contribution >= 4 is 19.9 Å². The van der Waals surface area contributed by atoms with E-state index in [0.29, 0.717) is 12.1 Å². The number of fused-ring (bicyclic) bond motifs is 3. The maximum atomic E-state index is 6.72. The third-order valence-electron chi connectivity index (χ3n) is 10.8. The highest BCUT2D eigenvalue weighted by atomic mass is 28.3. The first-order valence-corrected chi connectivity index (χ1v) is 19.6. The van der Waals surface area contributed by atoms with Gasteiger partial charge in [-0.3, -0.25) is 0 Å². The first kappa shape index (κ1) is 34.5. The summed E-state index contributed by atoms with van der Waals surface area (Å²) in [6, 6.07) is 14.4. The van der Waals surface area contributed by atoms with Crippen LogP contribution in [0.3, 0.4) is 0 Å². The van der Waals surface area contributed by atoms with Gasteiger partial charge in [-0.15, -0.1) is 0 Å². The van der Waals surface area contributed by atoms with Crippen molar-refractivity contribution in [2.75, 3.05) is 13.7 Å². The summed E-state index contributed by atoms with van der Waals surface area (Å²) in [5.41, 5.74) is 11.9. The topological polar surface area (TPSA) is 18.5 Å². The fourth-order valence-corrected chi connectivity index (χ4v) is 11.1. The fraction of sp³-hybridized carbons (Fsp3) is 0.535. The number of allylic oxidation sites excluding steroid dienone is 4. The zero-order chi connectivity index (χ0) is 34.0. The van der Waals surface area contributed by atoms with E-state index in [9.17, 15) is 0 Å². The lowest BCUT2D eigenvalue weighted by Crippen LogP contribution is -2.43. The van der Waals surface area contributed by atoms with Crippen LogP contribution in [0.4, 0.5) is 0 Å². The molecule has 0 fully saturated rings. The molecule has 0 bridgehead atoms. The molecule has 0 heterocycles. The Balaban J connectivity index is 2.06. The maximum absolute atomic E-state index is 6.72. The minimum absolute atomic E-state index is 0.0260. The van der Waals surface area contributed by atoms with E-state index in [4.69, 9.17) is 9.47 Å². The molecule has 0 aromatic heterocycles. The van der Waals surface area contributed by atoms with Gasteiger partial charge < -0.3 is 9.47 Å². The standard InChI is InChI=1S/C43H59O2Si/c1-15-22-45-38-32(24-28(44-14)25-34(38)41(7,8)9)36-31-23-27(40(4,5)6)18-19-29(31)35-37(43(36,12)13)30-20-21-42(10,11)26-33(30)39(35)46(16-2)17-3/h15,18-19,23-26,39H,1,16-17,20-22H2,2-14H3. The van der Waals surface area contributed by atoms with Crippen molar-refractivity contribution in [2.45, 2.75) is 124 Å². The number of hydrogen-bond donors (Lipinski definition) is 0. The molecular formula is C43H59O2Si. The molecular weight excluding hydrogens is 577 g/mol. The molecule has 2 aromatic carbocycles. The summed E-state index contributed by atoms with van der Waals surface area (Å²) in [4.78, 5) is 0. The molecule has 0 aliphatic heterocycles. The molecule has 2 nitrogen and oxygen atoms in total. The van der Waals surface area contributed by atoms with Gasteiger partial charge in [-0.1, -0.05) is 132 Å². The van der Waals surface area contributed by atoms with Crippen LogP contribution in [0.1, 0.15) is 113 Å². The van der Waals surface area contributed by atoms with Crippen LogP contribution < -0.4 is 19.9 Å². The fourth-order valence-electron chi connectivity index (χ4n) is 8.40. The number of hydrogen-bond acceptors (Lipinski definition) is 2. The predicted octanol–water partition coefficient (Wildman–Crippen LogP) is 10.2. The third kappa shape index (κ3) is 5.80. The smallest absolute Gasteiger partial charge is 0.131 e. The average Bonchev–Trinajstić information content (AvgIpc) is 3.29. The first-order chi connectivity index (χ1) is 21.4. The van der Waals surface area contributed by atoms with Crippen LogP contribution in [0.5, 0.6) is 11.5 Å². The molecule has 0 amide bonds. The van der Waals surface area contributed by atoms with E-state index in [2.05, 4.69) is 126 Å². The van der Waals surface area contributed by atoms with Crippen LogP contribution in [-0.4, -0.2) is 22.5 Å². The van der Waals surface area contributed by atoms with Crippen molar-refractivity contribution in [1.82, 2.24) is 0 Å². The van der Waals surface area contributed by atoms with Crippen molar-refractivity contribution in [3.05, 3.63) is 92.9 Å². The summed E-state index contributed by atoms with van der Waals surface area (Å²) in [7, 11) is 1.12. The largest absolute Gasteiger partial charge is 0.497 e. The summed E-state index contributed by atoms with van der Waals surface area (Å²) in [5, 5.41) is 2.80. The highest BCUT2D eigenvalue weighted by Gasteiger charge is 2.49. The van der Waals surface area contributed by atoms with Crippen LogP contribution in [0, 0.1) is 10.8 Å². The number of methoxy groups -OCH3 is 1. The second-order valence-electron chi connectivity index (χ2n) is 17.1. The van der Waals surface area contributed by atoms with Gasteiger partial charge in [-0.25, -0.2) is 0 Å². The van der Waals surface area contributed by atoms with Gasteiger partial charge >= 0.3 is 0 Å². The van der Waals surface area contributed by atoms with Crippen LogP contribution in [0.15, 0.2) is 65.8 Å². The van der Waals surface area contributed by atoms with Crippen molar-refractivity contribution in [1.29, 1.82) is 0 Å². The van der Waals surface area contributed by atoms with E-state index in [1.54, 1.807) is 29.4 Å². The van der Waals surface area contributed by atoms with E-state index in [1.165, 1.54) is 45.6 Å². The molecule has 1 radical (unpaired) electrons. The van der Waals surface area contributed by atoms with Crippen molar-refractivity contribution in [3.8, 4) is 11.5 Å². The maximum Gasteiger partial charge on any atom is 0.131 e. The van der Waals surface area contributed by atoms with Gasteiger partial charge in [0.1, 0.15) is 18.1 Å². The molecule has 2 aromatic rings. The lowest BCUT2D eigenvalue weighted by atomic mass is 9.66. The van der Waals surface area contributed by atoms with Gasteiger partial charge in [0, 0.05) is 22.1 Å². The molecule has 3 aliphatic carbocycles. The zero-order valence-corrected chi connectivity index (χ0v) is 32.2. The summed E-state index contributed by atoms with van der Waals surface area (Å²) >= 11 is 0. The second-order valence-corrected chi connectivity index (χ2v) is 20.4. The molecule has 0 saturated carbocycles. The summed E-state index contributed by atoms with van der Waals surface area (Å²) in [5.74, 6) is 1.83. The highest BCUT2D eigenvalue weighted by molar-refractivity contribution is 6.64. The highest BCUT2D eigenvalue weighted by Crippen LogP contribution is 2.62. The van der Waals surface area contributed by atoms with E-state index in [0.717, 1.165) is 23.5 Å². The van der Waals surface area contributed by atoms with Gasteiger partial charge in [0.25, 0.3) is 0 Å². The van der Waals surface area contributed by atoms with Crippen LogP contribution in [0.2, 0.25) is 17.6 Å². The SMILES string of the molecule is C=CCOc1c(C2=c3cc(C(C)(C)C)ccc3=C3C(=C4CCC(C)(C)C=C4C3[Si](CC)CC)C2(C)C)cc(OC)cc1C(C)(C)C. The lowest BCUT2D eigenvalue weighted by Gasteiger charge is -2.39. The van der Waals surface area contributed by atoms with Gasteiger partial charge in [0.15, 0.2) is 0 Å². The summed E-state index contributed by atoms with van der Waals surface area (Å²) in [6.45, 7) is 33.0. The Morgan fingerprint density at radius 2 is 1.59 bits per heavy atom. The molecule has 3 heteroatoms. The zero-order valence-electron chi connectivity index (χ0n) is 31.2. The Bertz CT molecular complexity index is 1730. The van der Waals surface area contributed by atoms with Crippen molar-refractivity contribution in [2.24, 2.45) is 10.8 Å². The molecule has 0 spiro atoms. The molecule has 0 saturated heterocycles. The number of benzene rings is 2.